The molecular formula is C19H30N6O2. The van der Waals surface area contributed by atoms with Gasteiger partial charge < -0.3 is 20.5 Å². The van der Waals surface area contributed by atoms with Crippen LogP contribution < -0.4 is 15.4 Å². The van der Waals surface area contributed by atoms with Crippen LogP contribution in [0.25, 0.3) is 0 Å². The molecule has 8 heteroatoms. The first kappa shape index (κ1) is 20.7. The van der Waals surface area contributed by atoms with Crippen LogP contribution >= 0.6 is 0 Å². The van der Waals surface area contributed by atoms with Crippen LogP contribution in [0, 0.1) is 0 Å². The van der Waals surface area contributed by atoms with Gasteiger partial charge in [-0.1, -0.05) is 13.0 Å². The molecular weight excluding hydrogens is 344 g/mol. The number of guanidine groups is 1. The summed E-state index contributed by atoms with van der Waals surface area (Å²) in [4.78, 5) is 8.88. The molecule has 0 fully saturated rings. The van der Waals surface area contributed by atoms with Gasteiger partial charge in [0.25, 0.3) is 0 Å². The van der Waals surface area contributed by atoms with E-state index in [1.807, 2.05) is 26.1 Å². The number of aliphatic imine (C=N–C) groups is 1. The third kappa shape index (κ3) is 6.25. The molecule has 8 nitrogen and oxygen atoms in total. The van der Waals surface area contributed by atoms with Gasteiger partial charge in [0.1, 0.15) is 5.60 Å². The quantitative estimate of drug-likeness (QED) is 0.455. The Balaban J connectivity index is 2.04. The van der Waals surface area contributed by atoms with E-state index in [9.17, 15) is 5.11 Å². The van der Waals surface area contributed by atoms with Crippen molar-refractivity contribution in [1.82, 2.24) is 25.4 Å². The smallest absolute Gasteiger partial charge is 0.218 e. The van der Waals surface area contributed by atoms with Crippen LogP contribution in [0.1, 0.15) is 38.3 Å². The molecule has 1 unspecified atom stereocenters. The molecule has 2 rings (SSSR count). The summed E-state index contributed by atoms with van der Waals surface area (Å²) in [5.41, 5.74) is 0.603. The van der Waals surface area contributed by atoms with Gasteiger partial charge in [0.05, 0.1) is 25.9 Å². The van der Waals surface area contributed by atoms with Crippen molar-refractivity contribution in [3.8, 4) is 5.88 Å². The Morgan fingerprint density at radius 2 is 2.19 bits per heavy atom. The lowest BCUT2D eigenvalue weighted by Crippen LogP contribution is -2.44. The van der Waals surface area contributed by atoms with Gasteiger partial charge in [0, 0.05) is 37.1 Å². The fraction of sp³-hybridized carbons (Fsp3) is 0.526. The van der Waals surface area contributed by atoms with E-state index < -0.39 is 5.60 Å². The summed E-state index contributed by atoms with van der Waals surface area (Å²) >= 11 is 0. The van der Waals surface area contributed by atoms with Gasteiger partial charge in [-0.3, -0.25) is 4.68 Å². The van der Waals surface area contributed by atoms with Gasteiger partial charge in [-0.25, -0.2) is 9.98 Å². The Hall–Kier alpha value is -2.61. The van der Waals surface area contributed by atoms with Crippen LogP contribution in [-0.4, -0.2) is 45.5 Å². The Bertz CT molecular complexity index is 741. The summed E-state index contributed by atoms with van der Waals surface area (Å²) in [6.45, 7) is 7.87. The molecule has 0 saturated heterocycles. The van der Waals surface area contributed by atoms with Crippen LogP contribution in [0.3, 0.4) is 0 Å². The number of aliphatic hydroxyl groups is 1. The summed E-state index contributed by atoms with van der Waals surface area (Å²) in [6, 6.07) is 3.83. The molecule has 0 bridgehead atoms. The normalized spacial score (nSPS) is 13.9. The molecule has 0 amide bonds. The van der Waals surface area contributed by atoms with Crippen molar-refractivity contribution in [3.63, 3.8) is 0 Å². The highest BCUT2D eigenvalue weighted by Crippen LogP contribution is 2.18. The molecule has 27 heavy (non-hydrogen) atoms. The highest BCUT2D eigenvalue weighted by atomic mass is 16.5. The van der Waals surface area contributed by atoms with E-state index in [2.05, 4.69) is 32.6 Å². The van der Waals surface area contributed by atoms with E-state index in [-0.39, 0.29) is 0 Å². The molecule has 0 radical (unpaired) electrons. The van der Waals surface area contributed by atoms with E-state index in [1.165, 1.54) is 0 Å². The molecule has 0 aliphatic rings. The minimum atomic E-state index is -1.06. The van der Waals surface area contributed by atoms with E-state index in [4.69, 9.17) is 4.74 Å². The van der Waals surface area contributed by atoms with Crippen LogP contribution in [0.5, 0.6) is 5.88 Å². The molecule has 0 aromatic carbocycles. The lowest BCUT2D eigenvalue weighted by atomic mass is 10.00. The predicted molar refractivity (Wildman–Crippen MR) is 106 cm³/mol. The highest BCUT2D eigenvalue weighted by molar-refractivity contribution is 5.79. The second-order valence-electron chi connectivity index (χ2n) is 6.54. The third-order valence-corrected chi connectivity index (χ3v) is 3.97. The number of hydrogen-bond acceptors (Lipinski definition) is 5. The van der Waals surface area contributed by atoms with Crippen molar-refractivity contribution in [3.05, 3.63) is 41.9 Å². The third-order valence-electron chi connectivity index (χ3n) is 3.97. The fourth-order valence-corrected chi connectivity index (χ4v) is 2.44. The Morgan fingerprint density at radius 3 is 2.85 bits per heavy atom. The van der Waals surface area contributed by atoms with E-state index in [0.29, 0.717) is 38.1 Å². The van der Waals surface area contributed by atoms with Crippen LogP contribution in [0.15, 0.2) is 35.7 Å². The second kappa shape index (κ2) is 9.91. The Morgan fingerprint density at radius 1 is 1.37 bits per heavy atom. The van der Waals surface area contributed by atoms with Crippen LogP contribution in [0.4, 0.5) is 0 Å². The molecule has 0 spiro atoms. The monoisotopic (exact) mass is 374 g/mol. The fourth-order valence-electron chi connectivity index (χ4n) is 2.44. The van der Waals surface area contributed by atoms with Crippen molar-refractivity contribution in [2.75, 3.05) is 19.7 Å². The van der Waals surface area contributed by atoms with Crippen molar-refractivity contribution in [2.45, 2.75) is 39.3 Å². The predicted octanol–water partition coefficient (Wildman–Crippen LogP) is 1.57. The average molecular weight is 374 g/mol. The maximum Gasteiger partial charge on any atom is 0.218 e. The number of hydrogen-bond donors (Lipinski definition) is 3. The van der Waals surface area contributed by atoms with Crippen LogP contribution in [0.2, 0.25) is 0 Å². The molecule has 1 atom stereocenters. The number of aryl methyl sites for hydroxylation is 1. The maximum absolute atomic E-state index is 10.7. The van der Waals surface area contributed by atoms with Gasteiger partial charge in [0.2, 0.25) is 5.88 Å². The second-order valence-corrected chi connectivity index (χ2v) is 6.54. The van der Waals surface area contributed by atoms with Gasteiger partial charge >= 0.3 is 0 Å². The van der Waals surface area contributed by atoms with Gasteiger partial charge in [0.15, 0.2) is 5.96 Å². The molecule has 2 aromatic heterocycles. The lowest BCUT2D eigenvalue weighted by molar-refractivity contribution is 0.0616. The number of pyridine rings is 1. The number of aromatic nitrogens is 3. The zero-order chi connectivity index (χ0) is 19.7. The van der Waals surface area contributed by atoms with E-state index in [1.54, 1.807) is 30.2 Å². The number of ether oxygens (including phenoxy) is 1. The average Bonchev–Trinajstić information content (AvgIpc) is 3.10. The van der Waals surface area contributed by atoms with Crippen molar-refractivity contribution in [1.29, 1.82) is 0 Å². The zero-order valence-corrected chi connectivity index (χ0v) is 16.6. The summed E-state index contributed by atoms with van der Waals surface area (Å²) in [5.74, 6) is 1.23. The minimum absolute atomic E-state index is 0.302. The van der Waals surface area contributed by atoms with Crippen molar-refractivity contribution >= 4 is 5.96 Å². The van der Waals surface area contributed by atoms with Crippen LogP contribution in [-0.2, 0) is 19.2 Å². The number of nitrogens with zero attached hydrogens (tertiary/aromatic N) is 4. The molecule has 0 saturated carbocycles. The molecule has 3 N–H and O–H groups in total. The van der Waals surface area contributed by atoms with Gasteiger partial charge in [-0.2, -0.15) is 5.10 Å². The summed E-state index contributed by atoms with van der Waals surface area (Å²) < 4.78 is 7.35. The largest absolute Gasteiger partial charge is 0.477 e. The molecule has 0 aliphatic heterocycles. The number of rotatable bonds is 9. The maximum atomic E-state index is 10.7. The standard InChI is InChI=1S/C19H30N6O2/c1-5-10-27-17-15(8-7-9-21-17)11-22-18(20-6-2)23-14-19(3,26)16-12-24-25(4)13-16/h7-9,12-13,26H,5-6,10-11,14H2,1-4H3,(H2,20,22,23). The molecule has 148 valence electrons. The molecule has 0 aliphatic carbocycles. The first-order valence-corrected chi connectivity index (χ1v) is 9.26. The van der Waals surface area contributed by atoms with Gasteiger partial charge in [-0.15, -0.1) is 0 Å². The van der Waals surface area contributed by atoms with Gasteiger partial charge in [-0.05, 0) is 26.3 Å². The van der Waals surface area contributed by atoms with Crippen molar-refractivity contribution < 1.29 is 9.84 Å². The summed E-state index contributed by atoms with van der Waals surface area (Å²) in [5, 5.41) is 21.2. The minimum Gasteiger partial charge on any atom is -0.477 e. The first-order chi connectivity index (χ1) is 13.0. The summed E-state index contributed by atoms with van der Waals surface area (Å²) in [6.07, 6.45) is 6.11. The molecule has 2 heterocycles. The highest BCUT2D eigenvalue weighted by Gasteiger charge is 2.25. The SMILES string of the molecule is CCCOc1ncccc1CN=C(NCC)NCC(C)(O)c1cnn(C)c1. The Kier molecular flexibility index (Phi) is 7.60. The Labute approximate surface area is 160 Å². The lowest BCUT2D eigenvalue weighted by Gasteiger charge is -2.23. The van der Waals surface area contributed by atoms with Crippen molar-refractivity contribution in [2.24, 2.45) is 12.0 Å². The number of nitrogens with one attached hydrogen (secondary N) is 2. The van der Waals surface area contributed by atoms with E-state index >= 15 is 0 Å². The van der Waals surface area contributed by atoms with E-state index in [0.717, 1.165) is 17.5 Å². The topological polar surface area (TPSA) is 96.6 Å². The molecule has 2 aromatic rings. The first-order valence-electron chi connectivity index (χ1n) is 9.26. The summed E-state index contributed by atoms with van der Waals surface area (Å²) in [7, 11) is 1.82. The zero-order valence-electron chi connectivity index (χ0n) is 16.6.